The summed E-state index contributed by atoms with van der Waals surface area (Å²) in [7, 11) is 1.49. The van der Waals surface area contributed by atoms with Crippen molar-refractivity contribution in [2.75, 3.05) is 7.05 Å². The summed E-state index contributed by atoms with van der Waals surface area (Å²) in [4.78, 5) is 37.1. The van der Waals surface area contributed by atoms with Crippen molar-refractivity contribution in [2.45, 2.75) is 39.2 Å². The number of carboxylic acid groups (broad SMARTS) is 1. The van der Waals surface area contributed by atoms with Gasteiger partial charge >= 0.3 is 5.97 Å². The number of aliphatic carboxylic acids is 1. The van der Waals surface area contributed by atoms with Gasteiger partial charge in [0.25, 0.3) is 0 Å². The van der Waals surface area contributed by atoms with E-state index in [9.17, 15) is 19.5 Å². The number of nitrogens with zero attached hydrogens (tertiary/aromatic N) is 2. The highest BCUT2D eigenvalue weighted by Crippen LogP contribution is 2.26. The molecule has 2 atom stereocenters. The number of carbonyl (C=O) groups is 3. The molecule has 3 N–H and O–H groups in total. The van der Waals surface area contributed by atoms with Crippen LogP contribution in [-0.2, 0) is 14.4 Å². The van der Waals surface area contributed by atoms with Gasteiger partial charge in [0.05, 0.1) is 24.0 Å². The molecule has 0 bridgehead atoms. The van der Waals surface area contributed by atoms with Gasteiger partial charge in [0, 0.05) is 25.1 Å². The van der Waals surface area contributed by atoms with Crippen LogP contribution >= 0.6 is 0 Å². The van der Waals surface area contributed by atoms with Crippen LogP contribution in [0.3, 0.4) is 0 Å². The maximum Gasteiger partial charge on any atom is 0.304 e. The van der Waals surface area contributed by atoms with Gasteiger partial charge in [0.1, 0.15) is 6.04 Å². The second kappa shape index (κ2) is 10.9. The van der Waals surface area contributed by atoms with Crippen molar-refractivity contribution in [3.05, 3.63) is 78.1 Å². The molecule has 0 aliphatic carbocycles. The van der Waals surface area contributed by atoms with Crippen LogP contribution < -0.4 is 10.6 Å². The molecule has 0 saturated heterocycles. The molecule has 3 rings (SSSR count). The fourth-order valence-corrected chi connectivity index (χ4v) is 3.94. The minimum Gasteiger partial charge on any atom is -0.481 e. The summed E-state index contributed by atoms with van der Waals surface area (Å²) >= 11 is 0. The van der Waals surface area contributed by atoms with E-state index in [-0.39, 0.29) is 5.91 Å². The van der Waals surface area contributed by atoms with E-state index in [0.29, 0.717) is 11.1 Å². The molecular formula is C28H30N4O4. The van der Waals surface area contributed by atoms with Crippen LogP contribution in [0, 0.1) is 16.7 Å². The first-order chi connectivity index (χ1) is 17.0. The van der Waals surface area contributed by atoms with Gasteiger partial charge < -0.3 is 20.3 Å². The van der Waals surface area contributed by atoms with Crippen LogP contribution in [0.15, 0.2) is 67.0 Å². The lowest BCUT2D eigenvalue weighted by atomic mass is 9.85. The highest BCUT2D eigenvalue weighted by Gasteiger charge is 2.35. The second-order valence-electron chi connectivity index (χ2n) is 9.66. The molecule has 3 aromatic rings. The Morgan fingerprint density at radius 1 is 0.972 bits per heavy atom. The fourth-order valence-electron chi connectivity index (χ4n) is 3.94. The van der Waals surface area contributed by atoms with Crippen molar-refractivity contribution in [3.8, 4) is 22.9 Å². The van der Waals surface area contributed by atoms with Crippen molar-refractivity contribution < 1.29 is 19.5 Å². The van der Waals surface area contributed by atoms with E-state index in [1.54, 1.807) is 30.6 Å². The van der Waals surface area contributed by atoms with Gasteiger partial charge in [-0.05, 0) is 52.4 Å². The third-order valence-electron chi connectivity index (χ3n) is 5.99. The van der Waals surface area contributed by atoms with Gasteiger partial charge in [0.2, 0.25) is 11.8 Å². The predicted octanol–water partition coefficient (Wildman–Crippen LogP) is 3.85. The van der Waals surface area contributed by atoms with Gasteiger partial charge in [-0.3, -0.25) is 14.4 Å². The quantitative estimate of drug-likeness (QED) is 0.446. The van der Waals surface area contributed by atoms with E-state index in [1.807, 2.05) is 61.7 Å². The van der Waals surface area contributed by atoms with Crippen LogP contribution in [0.5, 0.6) is 0 Å². The summed E-state index contributed by atoms with van der Waals surface area (Å²) in [5.41, 5.74) is 3.38. The first-order valence-corrected chi connectivity index (χ1v) is 11.6. The molecule has 1 unspecified atom stereocenters. The van der Waals surface area contributed by atoms with Crippen molar-refractivity contribution in [3.63, 3.8) is 0 Å². The first-order valence-electron chi connectivity index (χ1n) is 11.6. The van der Waals surface area contributed by atoms with Crippen LogP contribution in [0.2, 0.25) is 0 Å². The Hall–Kier alpha value is -4.38. The number of carbonyl (C=O) groups excluding carboxylic acids is 2. The third kappa shape index (κ3) is 6.19. The first kappa shape index (κ1) is 26.2. The normalized spacial score (nSPS) is 12.8. The topological polar surface area (TPSA) is 124 Å². The Balaban J connectivity index is 1.84. The van der Waals surface area contributed by atoms with Crippen molar-refractivity contribution >= 4 is 17.8 Å². The molecule has 2 aromatic carbocycles. The smallest absolute Gasteiger partial charge is 0.304 e. The maximum absolute atomic E-state index is 13.2. The second-order valence-corrected chi connectivity index (χ2v) is 9.66. The number of aromatic nitrogens is 1. The summed E-state index contributed by atoms with van der Waals surface area (Å²) in [5.74, 6) is -2.93. The molecule has 8 heteroatoms. The number of nitrogens with one attached hydrogen (secondary N) is 2. The number of likely N-dealkylation sites (N-methyl/N-ethyl adjacent to an activating group) is 1. The Labute approximate surface area is 210 Å². The Kier molecular flexibility index (Phi) is 7.95. The number of benzene rings is 2. The standard InChI is InChI=1S/C28H30N4O4/c1-28(2,3)25(27(36)30-4)31-26(35)23(15-24(33)34)21-13-14-32(17-21)22-11-9-20(10-12-22)19-7-5-18(16-29)6-8-19/h5-14,17,23,25H,15H2,1-4H3,(H,30,36)(H,31,35)(H,33,34)/t23-,25?/m0/s1. The van der Waals surface area contributed by atoms with E-state index in [4.69, 9.17) is 5.26 Å². The van der Waals surface area contributed by atoms with E-state index < -0.39 is 35.7 Å². The van der Waals surface area contributed by atoms with Crippen LogP contribution in [0.25, 0.3) is 16.8 Å². The predicted molar refractivity (Wildman–Crippen MR) is 136 cm³/mol. The summed E-state index contributed by atoms with van der Waals surface area (Å²) in [5, 5.41) is 23.7. The van der Waals surface area contributed by atoms with Gasteiger partial charge in [-0.2, -0.15) is 5.26 Å². The monoisotopic (exact) mass is 486 g/mol. The Morgan fingerprint density at radius 3 is 2.06 bits per heavy atom. The van der Waals surface area contributed by atoms with Crippen LogP contribution in [-0.4, -0.2) is 40.5 Å². The SMILES string of the molecule is CNC(=O)C(NC(=O)[C@@H](CC(=O)O)c1ccn(-c2ccc(-c3ccc(C#N)cc3)cc2)c1)C(C)(C)C. The fraction of sp³-hybridized carbons (Fsp3) is 0.286. The zero-order valence-electron chi connectivity index (χ0n) is 20.8. The zero-order chi connectivity index (χ0) is 26.5. The number of amides is 2. The Bertz CT molecular complexity index is 1280. The third-order valence-corrected chi connectivity index (χ3v) is 5.99. The minimum atomic E-state index is -1.11. The van der Waals surface area contributed by atoms with E-state index in [2.05, 4.69) is 16.7 Å². The summed E-state index contributed by atoms with van der Waals surface area (Å²) in [6, 6.07) is 18.1. The van der Waals surface area contributed by atoms with Gasteiger partial charge in [0.15, 0.2) is 0 Å². The van der Waals surface area contributed by atoms with Crippen LogP contribution in [0.4, 0.5) is 0 Å². The molecule has 1 aromatic heterocycles. The maximum atomic E-state index is 13.2. The van der Waals surface area contributed by atoms with E-state index >= 15 is 0 Å². The van der Waals surface area contributed by atoms with Crippen LogP contribution in [0.1, 0.15) is 44.2 Å². The lowest BCUT2D eigenvalue weighted by molar-refractivity contribution is -0.140. The average molecular weight is 487 g/mol. The minimum absolute atomic E-state index is 0.343. The molecule has 0 aliphatic heterocycles. The van der Waals surface area contributed by atoms with Gasteiger partial charge in [-0.1, -0.05) is 45.0 Å². The molecule has 36 heavy (non-hydrogen) atoms. The van der Waals surface area contributed by atoms with Crippen molar-refractivity contribution in [1.82, 2.24) is 15.2 Å². The molecule has 0 saturated carbocycles. The molecule has 0 radical (unpaired) electrons. The molecule has 8 nitrogen and oxygen atoms in total. The van der Waals surface area contributed by atoms with Crippen molar-refractivity contribution in [1.29, 1.82) is 5.26 Å². The zero-order valence-corrected chi connectivity index (χ0v) is 20.8. The largest absolute Gasteiger partial charge is 0.481 e. The van der Waals surface area contributed by atoms with E-state index in [0.717, 1.165) is 16.8 Å². The lowest BCUT2D eigenvalue weighted by Crippen LogP contribution is -2.54. The molecule has 2 amide bonds. The van der Waals surface area contributed by atoms with Gasteiger partial charge in [-0.25, -0.2) is 0 Å². The Morgan fingerprint density at radius 2 is 1.56 bits per heavy atom. The summed E-state index contributed by atoms with van der Waals surface area (Å²) in [6.07, 6.45) is 3.10. The van der Waals surface area contributed by atoms with E-state index in [1.165, 1.54) is 7.05 Å². The highest BCUT2D eigenvalue weighted by atomic mass is 16.4. The molecule has 0 spiro atoms. The van der Waals surface area contributed by atoms with Crippen molar-refractivity contribution in [2.24, 2.45) is 5.41 Å². The number of rotatable bonds is 8. The molecule has 0 aliphatic rings. The number of hydrogen-bond acceptors (Lipinski definition) is 4. The summed E-state index contributed by atoms with van der Waals surface area (Å²) in [6.45, 7) is 5.49. The molecule has 1 heterocycles. The summed E-state index contributed by atoms with van der Waals surface area (Å²) < 4.78 is 1.82. The molecular weight excluding hydrogens is 456 g/mol. The number of carboxylic acids is 1. The number of nitriles is 1. The average Bonchev–Trinajstić information content (AvgIpc) is 3.34. The molecule has 0 fully saturated rings. The van der Waals surface area contributed by atoms with Gasteiger partial charge in [-0.15, -0.1) is 0 Å². The molecule has 186 valence electrons. The highest BCUT2D eigenvalue weighted by molar-refractivity contribution is 5.92. The number of hydrogen-bond donors (Lipinski definition) is 3. The lowest BCUT2D eigenvalue weighted by Gasteiger charge is -2.31.